The fourth-order valence-electron chi connectivity index (χ4n) is 2.37. The van der Waals surface area contributed by atoms with Gasteiger partial charge in [-0.2, -0.15) is 0 Å². The average molecular weight is 328 g/mol. The van der Waals surface area contributed by atoms with E-state index in [0.717, 1.165) is 5.56 Å². The summed E-state index contributed by atoms with van der Waals surface area (Å²) in [5.41, 5.74) is 6.85. The van der Waals surface area contributed by atoms with Crippen molar-refractivity contribution in [3.8, 4) is 0 Å². The number of carbonyl (C=O) groups excluding carboxylic acids is 2. The zero-order chi connectivity index (χ0) is 15.2. The maximum atomic E-state index is 12.4. The van der Waals surface area contributed by atoms with Crippen LogP contribution in [0, 0.1) is 0 Å². The summed E-state index contributed by atoms with van der Waals surface area (Å²) in [5, 5.41) is 0. The molecule has 6 nitrogen and oxygen atoms in total. The second-order valence-electron chi connectivity index (χ2n) is 5.07. The van der Waals surface area contributed by atoms with Crippen LogP contribution in [-0.4, -0.2) is 61.5 Å². The summed E-state index contributed by atoms with van der Waals surface area (Å²) < 4.78 is 4.64. The highest BCUT2D eigenvalue weighted by molar-refractivity contribution is 5.85. The largest absolute Gasteiger partial charge is 0.468 e. The zero-order valence-electron chi connectivity index (χ0n) is 12.6. The van der Waals surface area contributed by atoms with Crippen LogP contribution in [-0.2, 0) is 14.3 Å². The number of piperazine rings is 1. The monoisotopic (exact) mass is 327 g/mol. The second kappa shape index (κ2) is 8.73. The smallest absolute Gasteiger partial charge is 0.319 e. The first-order chi connectivity index (χ1) is 10.1. The van der Waals surface area contributed by atoms with Gasteiger partial charge in [0.25, 0.3) is 0 Å². The van der Waals surface area contributed by atoms with E-state index in [1.54, 1.807) is 4.90 Å². The Morgan fingerprint density at radius 2 is 1.77 bits per heavy atom. The number of hydrogen-bond donors (Lipinski definition) is 1. The van der Waals surface area contributed by atoms with Crippen molar-refractivity contribution in [3.05, 3.63) is 35.9 Å². The Labute approximate surface area is 136 Å². The van der Waals surface area contributed by atoms with Gasteiger partial charge in [0, 0.05) is 26.2 Å². The highest BCUT2D eigenvalue weighted by Crippen LogP contribution is 2.14. The summed E-state index contributed by atoms with van der Waals surface area (Å²) in [6.07, 6.45) is 0. The Morgan fingerprint density at radius 1 is 1.18 bits per heavy atom. The number of rotatable bonds is 4. The molecular weight excluding hydrogens is 306 g/mol. The van der Waals surface area contributed by atoms with Gasteiger partial charge in [-0.3, -0.25) is 14.5 Å². The lowest BCUT2D eigenvalue weighted by molar-refractivity contribution is -0.142. The number of nitrogens with two attached hydrogens (primary N) is 1. The third-order valence-corrected chi connectivity index (χ3v) is 3.69. The maximum Gasteiger partial charge on any atom is 0.319 e. The van der Waals surface area contributed by atoms with Gasteiger partial charge < -0.3 is 15.4 Å². The summed E-state index contributed by atoms with van der Waals surface area (Å²) >= 11 is 0. The molecule has 1 fully saturated rings. The lowest BCUT2D eigenvalue weighted by Crippen LogP contribution is -2.52. The molecule has 122 valence electrons. The van der Waals surface area contributed by atoms with Crippen molar-refractivity contribution in [2.24, 2.45) is 5.73 Å². The van der Waals surface area contributed by atoms with Crippen LogP contribution in [0.4, 0.5) is 0 Å². The van der Waals surface area contributed by atoms with E-state index in [1.807, 2.05) is 35.2 Å². The van der Waals surface area contributed by atoms with Crippen LogP contribution < -0.4 is 5.73 Å². The van der Waals surface area contributed by atoms with Gasteiger partial charge >= 0.3 is 5.97 Å². The fraction of sp³-hybridized carbons (Fsp3) is 0.467. The van der Waals surface area contributed by atoms with E-state index in [9.17, 15) is 9.59 Å². The molecule has 0 aliphatic carbocycles. The molecule has 1 saturated heterocycles. The number of benzene rings is 1. The van der Waals surface area contributed by atoms with Crippen molar-refractivity contribution in [1.29, 1.82) is 0 Å². The van der Waals surface area contributed by atoms with E-state index in [2.05, 4.69) is 4.74 Å². The van der Waals surface area contributed by atoms with Gasteiger partial charge in [-0.05, 0) is 5.56 Å². The molecule has 1 aromatic carbocycles. The van der Waals surface area contributed by atoms with Crippen LogP contribution in [0.1, 0.15) is 11.6 Å². The van der Waals surface area contributed by atoms with Crippen LogP contribution >= 0.6 is 12.4 Å². The molecule has 1 heterocycles. The summed E-state index contributed by atoms with van der Waals surface area (Å²) in [5.74, 6) is -0.324. The third kappa shape index (κ3) is 4.69. The highest BCUT2D eigenvalue weighted by atomic mass is 35.5. The second-order valence-corrected chi connectivity index (χ2v) is 5.07. The Kier molecular flexibility index (Phi) is 7.31. The molecule has 7 heteroatoms. The van der Waals surface area contributed by atoms with E-state index in [-0.39, 0.29) is 30.8 Å². The molecule has 1 aliphatic heterocycles. The van der Waals surface area contributed by atoms with Gasteiger partial charge in [-0.25, -0.2) is 0 Å². The summed E-state index contributed by atoms with van der Waals surface area (Å²) in [6.45, 7) is 2.74. The number of nitrogens with zero attached hydrogens (tertiary/aromatic N) is 2. The fourth-order valence-corrected chi connectivity index (χ4v) is 2.37. The van der Waals surface area contributed by atoms with E-state index in [1.165, 1.54) is 7.11 Å². The first kappa shape index (κ1) is 18.4. The van der Waals surface area contributed by atoms with Gasteiger partial charge in [-0.1, -0.05) is 30.3 Å². The van der Waals surface area contributed by atoms with Crippen LogP contribution in [0.3, 0.4) is 0 Å². The first-order valence-corrected chi connectivity index (χ1v) is 7.00. The minimum Gasteiger partial charge on any atom is -0.468 e. The lowest BCUT2D eigenvalue weighted by atomic mass is 10.1. The molecule has 2 N–H and O–H groups in total. The molecule has 1 aromatic rings. The third-order valence-electron chi connectivity index (χ3n) is 3.69. The van der Waals surface area contributed by atoms with Gasteiger partial charge in [0.15, 0.2) is 0 Å². The molecule has 1 unspecified atom stereocenters. The molecule has 0 bridgehead atoms. The first-order valence-electron chi connectivity index (χ1n) is 7.00. The van der Waals surface area contributed by atoms with E-state index in [4.69, 9.17) is 5.73 Å². The Bertz CT molecular complexity index is 490. The molecule has 0 aromatic heterocycles. The van der Waals surface area contributed by atoms with Gasteiger partial charge in [0.2, 0.25) is 5.91 Å². The van der Waals surface area contributed by atoms with Gasteiger partial charge in [0.05, 0.1) is 13.7 Å². The normalized spacial score (nSPS) is 16.5. The van der Waals surface area contributed by atoms with E-state index < -0.39 is 6.04 Å². The molecule has 1 atom stereocenters. The van der Waals surface area contributed by atoms with Crippen molar-refractivity contribution < 1.29 is 14.3 Å². The minimum absolute atomic E-state index is 0. The Hall–Kier alpha value is -1.63. The Morgan fingerprint density at radius 3 is 2.32 bits per heavy atom. The maximum absolute atomic E-state index is 12.4. The SMILES string of the molecule is COC(=O)CN1CCN(C(=O)C(N)c2ccccc2)CC1.Cl. The van der Waals surface area contributed by atoms with E-state index >= 15 is 0 Å². The van der Waals surface area contributed by atoms with Crippen molar-refractivity contribution in [1.82, 2.24) is 9.80 Å². The quantitative estimate of drug-likeness (QED) is 0.811. The number of hydrogen-bond acceptors (Lipinski definition) is 5. The number of halogens is 1. The van der Waals surface area contributed by atoms with Gasteiger partial charge in [0.1, 0.15) is 6.04 Å². The highest BCUT2D eigenvalue weighted by Gasteiger charge is 2.26. The zero-order valence-corrected chi connectivity index (χ0v) is 13.4. The average Bonchev–Trinajstić information content (AvgIpc) is 2.55. The minimum atomic E-state index is -0.627. The molecule has 2 rings (SSSR count). The standard InChI is InChI=1S/C15H21N3O3.ClH/c1-21-13(19)11-17-7-9-18(10-8-17)15(20)14(16)12-5-3-2-4-6-12;/h2-6,14H,7-11,16H2,1H3;1H. The van der Waals surface area contributed by atoms with E-state index in [0.29, 0.717) is 26.2 Å². The summed E-state index contributed by atoms with van der Waals surface area (Å²) in [4.78, 5) is 27.3. The summed E-state index contributed by atoms with van der Waals surface area (Å²) in [6, 6.07) is 8.73. The molecule has 0 spiro atoms. The number of ether oxygens (including phenoxy) is 1. The predicted octanol–water partition coefficient (Wildman–Crippen LogP) is 0.425. The van der Waals surface area contributed by atoms with Crippen molar-refractivity contribution in [2.45, 2.75) is 6.04 Å². The number of carbonyl (C=O) groups is 2. The van der Waals surface area contributed by atoms with Crippen molar-refractivity contribution in [2.75, 3.05) is 39.8 Å². The predicted molar refractivity (Wildman–Crippen MR) is 85.7 cm³/mol. The van der Waals surface area contributed by atoms with Gasteiger partial charge in [-0.15, -0.1) is 12.4 Å². The molecule has 22 heavy (non-hydrogen) atoms. The van der Waals surface area contributed by atoms with Crippen LogP contribution in [0.25, 0.3) is 0 Å². The molecule has 1 aliphatic rings. The summed E-state index contributed by atoms with van der Waals surface area (Å²) in [7, 11) is 1.38. The number of esters is 1. The van der Waals surface area contributed by atoms with Crippen molar-refractivity contribution in [3.63, 3.8) is 0 Å². The molecule has 0 radical (unpaired) electrons. The van der Waals surface area contributed by atoms with Crippen LogP contribution in [0.2, 0.25) is 0 Å². The topological polar surface area (TPSA) is 75.9 Å². The molecular formula is C15H22ClN3O3. The lowest BCUT2D eigenvalue weighted by Gasteiger charge is -2.35. The molecule has 0 saturated carbocycles. The Balaban J connectivity index is 0.00000242. The van der Waals surface area contributed by atoms with Crippen LogP contribution in [0.15, 0.2) is 30.3 Å². The number of amides is 1. The van der Waals surface area contributed by atoms with Crippen molar-refractivity contribution >= 4 is 24.3 Å². The molecule has 1 amide bonds. The number of methoxy groups -OCH3 is 1. The van der Waals surface area contributed by atoms with Crippen LogP contribution in [0.5, 0.6) is 0 Å².